The molecule has 0 aromatic carbocycles. The van der Waals surface area contributed by atoms with Crippen LogP contribution in [0.25, 0.3) is 0 Å². The first-order valence-corrected chi connectivity index (χ1v) is 9.12. The SMILES string of the molecule is CSc1ncc(Br)c(N2CCC(COc3ccncc3)C2)n1. The summed E-state index contributed by atoms with van der Waals surface area (Å²) in [4.78, 5) is 15.2. The molecule has 0 N–H and O–H groups in total. The first-order chi connectivity index (χ1) is 10.8. The number of ether oxygens (including phenoxy) is 1. The van der Waals surface area contributed by atoms with E-state index in [0.29, 0.717) is 5.92 Å². The van der Waals surface area contributed by atoms with Gasteiger partial charge in [-0.25, -0.2) is 9.97 Å². The summed E-state index contributed by atoms with van der Waals surface area (Å²) in [5.74, 6) is 2.36. The highest BCUT2D eigenvalue weighted by Gasteiger charge is 2.25. The van der Waals surface area contributed by atoms with E-state index in [4.69, 9.17) is 4.74 Å². The van der Waals surface area contributed by atoms with Crippen LogP contribution in [-0.2, 0) is 0 Å². The highest BCUT2D eigenvalue weighted by atomic mass is 79.9. The van der Waals surface area contributed by atoms with Gasteiger partial charge in [0, 0.05) is 37.6 Å². The normalized spacial score (nSPS) is 17.7. The van der Waals surface area contributed by atoms with Crippen molar-refractivity contribution in [2.75, 3.05) is 30.9 Å². The van der Waals surface area contributed by atoms with Gasteiger partial charge in [-0.1, -0.05) is 11.8 Å². The second-order valence-electron chi connectivity index (χ2n) is 5.12. The molecule has 3 heterocycles. The number of halogens is 1. The summed E-state index contributed by atoms with van der Waals surface area (Å²) in [5, 5.41) is 0.801. The molecule has 7 heteroatoms. The third-order valence-electron chi connectivity index (χ3n) is 3.61. The van der Waals surface area contributed by atoms with Crippen molar-refractivity contribution in [2.24, 2.45) is 5.92 Å². The summed E-state index contributed by atoms with van der Waals surface area (Å²) >= 11 is 5.11. The van der Waals surface area contributed by atoms with Gasteiger partial charge in [-0.3, -0.25) is 4.98 Å². The Bertz CT molecular complexity index is 628. The Labute approximate surface area is 142 Å². The highest BCUT2D eigenvalue weighted by molar-refractivity contribution is 9.10. The molecule has 5 nitrogen and oxygen atoms in total. The monoisotopic (exact) mass is 380 g/mol. The van der Waals surface area contributed by atoms with Crippen LogP contribution in [0, 0.1) is 5.92 Å². The number of hydrogen-bond acceptors (Lipinski definition) is 6. The van der Waals surface area contributed by atoms with Crippen molar-refractivity contribution >= 4 is 33.5 Å². The zero-order chi connectivity index (χ0) is 15.4. The summed E-state index contributed by atoms with van der Waals surface area (Å²) in [5.41, 5.74) is 0. The van der Waals surface area contributed by atoms with E-state index in [2.05, 4.69) is 35.8 Å². The number of nitrogens with zero attached hydrogens (tertiary/aromatic N) is 4. The van der Waals surface area contributed by atoms with Gasteiger partial charge in [0.25, 0.3) is 0 Å². The molecule has 2 aromatic rings. The van der Waals surface area contributed by atoms with Gasteiger partial charge >= 0.3 is 0 Å². The van der Waals surface area contributed by atoms with Crippen molar-refractivity contribution in [2.45, 2.75) is 11.6 Å². The number of aromatic nitrogens is 3. The smallest absolute Gasteiger partial charge is 0.189 e. The molecule has 1 aliphatic heterocycles. The van der Waals surface area contributed by atoms with Gasteiger partial charge in [0.15, 0.2) is 5.16 Å². The third kappa shape index (κ3) is 3.70. The van der Waals surface area contributed by atoms with E-state index in [1.165, 1.54) is 0 Å². The first kappa shape index (κ1) is 15.6. The fraction of sp³-hybridized carbons (Fsp3) is 0.400. The molecule has 0 saturated carbocycles. The molecule has 1 unspecified atom stereocenters. The molecule has 1 atom stereocenters. The van der Waals surface area contributed by atoms with E-state index in [1.54, 1.807) is 24.2 Å². The molecule has 1 aliphatic rings. The van der Waals surface area contributed by atoms with Crippen molar-refractivity contribution in [3.8, 4) is 5.75 Å². The third-order valence-corrected chi connectivity index (χ3v) is 4.73. The predicted octanol–water partition coefficient (Wildman–Crippen LogP) is 3.26. The summed E-state index contributed by atoms with van der Waals surface area (Å²) in [6, 6.07) is 3.77. The Morgan fingerprint density at radius 3 is 3.00 bits per heavy atom. The molecule has 0 aliphatic carbocycles. The molecule has 0 bridgehead atoms. The van der Waals surface area contributed by atoms with Gasteiger partial charge in [0.2, 0.25) is 0 Å². The Kier molecular flexibility index (Phi) is 5.15. The summed E-state index contributed by atoms with van der Waals surface area (Å²) in [6.07, 6.45) is 8.42. The van der Waals surface area contributed by atoms with Gasteiger partial charge in [-0.2, -0.15) is 0 Å². The summed E-state index contributed by atoms with van der Waals surface area (Å²) < 4.78 is 6.78. The fourth-order valence-electron chi connectivity index (χ4n) is 2.47. The van der Waals surface area contributed by atoms with E-state index in [-0.39, 0.29) is 0 Å². The molecule has 1 saturated heterocycles. The maximum atomic E-state index is 5.83. The van der Waals surface area contributed by atoms with Crippen LogP contribution in [0.3, 0.4) is 0 Å². The minimum atomic E-state index is 0.507. The molecular formula is C15H17BrN4OS. The summed E-state index contributed by atoms with van der Waals surface area (Å²) in [7, 11) is 0. The molecule has 2 aromatic heterocycles. The van der Waals surface area contributed by atoms with Crippen LogP contribution in [0.2, 0.25) is 0 Å². The molecule has 0 radical (unpaired) electrons. The number of thioether (sulfide) groups is 1. The zero-order valence-electron chi connectivity index (χ0n) is 12.3. The average Bonchev–Trinajstić information content (AvgIpc) is 3.03. The van der Waals surface area contributed by atoms with Crippen LogP contribution < -0.4 is 9.64 Å². The topological polar surface area (TPSA) is 51.1 Å². The number of hydrogen-bond donors (Lipinski definition) is 0. The standard InChI is InChI=1S/C15H17BrN4OS/c1-22-15-18-8-13(16)14(19-15)20-7-4-11(9-20)10-21-12-2-5-17-6-3-12/h2-3,5-6,8,11H,4,7,9-10H2,1H3. The van der Waals surface area contributed by atoms with Gasteiger partial charge in [-0.15, -0.1) is 0 Å². The van der Waals surface area contributed by atoms with Crippen molar-refractivity contribution < 1.29 is 4.74 Å². The van der Waals surface area contributed by atoms with E-state index < -0.39 is 0 Å². The van der Waals surface area contributed by atoms with Crippen molar-refractivity contribution in [3.05, 3.63) is 35.2 Å². The highest BCUT2D eigenvalue weighted by Crippen LogP contribution is 2.30. The minimum absolute atomic E-state index is 0.507. The van der Waals surface area contributed by atoms with Crippen LogP contribution in [-0.4, -0.2) is 40.9 Å². The molecule has 1 fully saturated rings. The lowest BCUT2D eigenvalue weighted by atomic mass is 10.1. The van der Waals surface area contributed by atoms with E-state index >= 15 is 0 Å². The van der Waals surface area contributed by atoms with Crippen LogP contribution in [0.4, 0.5) is 5.82 Å². The quantitative estimate of drug-likeness (QED) is 0.585. The lowest BCUT2D eigenvalue weighted by Crippen LogP contribution is -2.23. The first-order valence-electron chi connectivity index (χ1n) is 7.10. The second-order valence-corrected chi connectivity index (χ2v) is 6.75. The van der Waals surface area contributed by atoms with Crippen LogP contribution >= 0.6 is 27.7 Å². The minimum Gasteiger partial charge on any atom is -0.493 e. The maximum absolute atomic E-state index is 5.83. The predicted molar refractivity (Wildman–Crippen MR) is 91.6 cm³/mol. The molecular weight excluding hydrogens is 364 g/mol. The van der Waals surface area contributed by atoms with Crippen molar-refractivity contribution in [1.29, 1.82) is 0 Å². The Hall–Kier alpha value is -1.34. The lowest BCUT2D eigenvalue weighted by Gasteiger charge is -2.19. The van der Waals surface area contributed by atoms with Crippen LogP contribution in [0.1, 0.15) is 6.42 Å². The molecule has 0 amide bonds. The van der Waals surface area contributed by atoms with Gasteiger partial charge in [-0.05, 0) is 40.7 Å². The van der Waals surface area contributed by atoms with Gasteiger partial charge < -0.3 is 9.64 Å². The lowest BCUT2D eigenvalue weighted by molar-refractivity contribution is 0.261. The maximum Gasteiger partial charge on any atom is 0.189 e. The molecule has 0 spiro atoms. The second kappa shape index (κ2) is 7.28. The van der Waals surface area contributed by atoms with Crippen molar-refractivity contribution in [3.63, 3.8) is 0 Å². The van der Waals surface area contributed by atoms with Crippen LogP contribution in [0.5, 0.6) is 5.75 Å². The number of pyridine rings is 1. The largest absolute Gasteiger partial charge is 0.493 e. The fourth-order valence-corrected chi connectivity index (χ4v) is 3.25. The Balaban J connectivity index is 1.60. The number of anilines is 1. The van der Waals surface area contributed by atoms with Crippen LogP contribution in [0.15, 0.2) is 40.4 Å². The summed E-state index contributed by atoms with van der Waals surface area (Å²) in [6.45, 7) is 2.67. The van der Waals surface area contributed by atoms with Gasteiger partial charge in [0.05, 0.1) is 11.1 Å². The van der Waals surface area contributed by atoms with Crippen molar-refractivity contribution in [1.82, 2.24) is 15.0 Å². The van der Waals surface area contributed by atoms with E-state index in [1.807, 2.05) is 24.6 Å². The molecule has 116 valence electrons. The molecule has 3 rings (SSSR count). The number of rotatable bonds is 5. The van der Waals surface area contributed by atoms with E-state index in [0.717, 1.165) is 47.3 Å². The Morgan fingerprint density at radius 1 is 1.41 bits per heavy atom. The van der Waals surface area contributed by atoms with Gasteiger partial charge in [0.1, 0.15) is 11.6 Å². The average molecular weight is 381 g/mol. The molecule has 22 heavy (non-hydrogen) atoms. The Morgan fingerprint density at radius 2 is 2.23 bits per heavy atom. The zero-order valence-corrected chi connectivity index (χ0v) is 14.7. The van der Waals surface area contributed by atoms with E-state index in [9.17, 15) is 0 Å².